The van der Waals surface area contributed by atoms with E-state index in [0.717, 1.165) is 0 Å². The molecule has 5 nitrogen and oxygen atoms in total. The summed E-state index contributed by atoms with van der Waals surface area (Å²) in [5, 5.41) is 0. The minimum absolute atomic E-state index is 0. The van der Waals surface area contributed by atoms with Gasteiger partial charge in [0.1, 0.15) is 6.54 Å². The molecule has 240 valence electrons. The van der Waals surface area contributed by atoms with E-state index in [1.54, 1.807) is 0 Å². The van der Waals surface area contributed by atoms with Gasteiger partial charge >= 0.3 is 113 Å². The molecular weight excluding hydrogens is 565 g/mol. The first-order chi connectivity index (χ1) is 19.3. The van der Waals surface area contributed by atoms with E-state index < -0.39 is 10.4 Å². The molecule has 0 fully saturated rings. The first kappa shape index (κ1) is 45.7. The normalized spacial score (nSPS) is 10.7. The van der Waals surface area contributed by atoms with Crippen LogP contribution in [0.3, 0.4) is 0 Å². The Morgan fingerprint density at radius 1 is 0.512 bits per heavy atom. The SMILES string of the molecule is CCCCCCCCCCCCCCCC[n+]1ccccc1.CCCCCCCCCCC[CH2][Na].Cl.O=S(=O)(O)O. The third-order valence-electron chi connectivity index (χ3n) is 7.25. The fraction of sp³-hybridized carbons (Fsp3) is 0.848. The van der Waals surface area contributed by atoms with Crippen LogP contribution >= 0.6 is 12.4 Å². The van der Waals surface area contributed by atoms with Crippen LogP contribution in [0.4, 0.5) is 0 Å². The van der Waals surface area contributed by atoms with Gasteiger partial charge in [-0.05, 0) is 6.42 Å². The predicted molar refractivity (Wildman–Crippen MR) is 181 cm³/mol. The molecule has 0 aliphatic heterocycles. The van der Waals surface area contributed by atoms with E-state index in [-0.39, 0.29) is 12.4 Å². The molecule has 1 heterocycles. The van der Waals surface area contributed by atoms with Crippen molar-refractivity contribution in [2.75, 3.05) is 0 Å². The van der Waals surface area contributed by atoms with Gasteiger partial charge in [0.25, 0.3) is 0 Å². The molecule has 8 heteroatoms. The Kier molecular flexibility index (Phi) is 42.8. The molecule has 1 aromatic rings. The summed E-state index contributed by atoms with van der Waals surface area (Å²) in [5.41, 5.74) is 0. The van der Waals surface area contributed by atoms with Gasteiger partial charge in [0.2, 0.25) is 0 Å². The van der Waals surface area contributed by atoms with E-state index in [2.05, 4.69) is 49.0 Å². The van der Waals surface area contributed by atoms with Crippen LogP contribution < -0.4 is 4.57 Å². The van der Waals surface area contributed by atoms with E-state index >= 15 is 0 Å². The van der Waals surface area contributed by atoms with Crippen molar-refractivity contribution in [1.82, 2.24) is 0 Å². The van der Waals surface area contributed by atoms with Crippen LogP contribution in [0.2, 0.25) is 3.67 Å². The molecule has 1 aromatic heterocycles. The number of rotatable bonds is 25. The predicted octanol–water partition coefficient (Wildman–Crippen LogP) is 10.7. The van der Waals surface area contributed by atoms with Crippen molar-refractivity contribution in [1.29, 1.82) is 0 Å². The van der Waals surface area contributed by atoms with Gasteiger partial charge < -0.3 is 0 Å². The van der Waals surface area contributed by atoms with Crippen molar-refractivity contribution in [2.45, 2.75) is 178 Å². The second kappa shape index (κ2) is 38.3. The number of halogens is 1. The van der Waals surface area contributed by atoms with Crippen molar-refractivity contribution in [3.8, 4) is 0 Å². The molecule has 0 unspecified atom stereocenters. The Labute approximate surface area is 279 Å². The molecule has 0 bridgehead atoms. The Morgan fingerprint density at radius 2 is 0.780 bits per heavy atom. The Morgan fingerprint density at radius 3 is 1.07 bits per heavy atom. The van der Waals surface area contributed by atoms with Crippen LogP contribution in [0.5, 0.6) is 0 Å². The van der Waals surface area contributed by atoms with Crippen LogP contribution in [0, 0.1) is 0 Å². The zero-order valence-electron chi connectivity index (χ0n) is 27.2. The first-order valence-corrected chi connectivity index (χ1v) is 19.8. The third-order valence-corrected chi connectivity index (χ3v) is 7.96. The Bertz CT molecular complexity index is 678. The number of unbranched alkanes of at least 4 members (excludes halogenated alkanes) is 22. The second-order valence-electron chi connectivity index (χ2n) is 11.3. The van der Waals surface area contributed by atoms with Crippen LogP contribution in [-0.4, -0.2) is 45.5 Å². The van der Waals surface area contributed by atoms with E-state index in [1.807, 2.05) is 0 Å². The van der Waals surface area contributed by atoms with Gasteiger partial charge in [-0.15, -0.1) is 12.4 Å². The van der Waals surface area contributed by atoms with Crippen LogP contribution in [0.1, 0.15) is 168 Å². The van der Waals surface area contributed by atoms with Gasteiger partial charge in [-0.3, -0.25) is 9.11 Å². The molecule has 0 aliphatic rings. The Balaban J connectivity index is -0.000000645. The Hall–Kier alpha value is 0.310. The van der Waals surface area contributed by atoms with Crippen molar-refractivity contribution >= 4 is 50.7 Å². The molecule has 0 amide bonds. The average Bonchev–Trinajstić information content (AvgIpc) is 2.92. The smallest absolute Gasteiger partial charge is 0.264 e. The summed E-state index contributed by atoms with van der Waals surface area (Å²) >= 11 is 1.41. The number of hydrogen-bond acceptors (Lipinski definition) is 2. The summed E-state index contributed by atoms with van der Waals surface area (Å²) < 4.78 is 35.4. The maximum Gasteiger partial charge on any atom is 0.394 e. The fourth-order valence-corrected chi connectivity index (χ4v) is 5.31. The zero-order valence-corrected chi connectivity index (χ0v) is 30.9. The molecule has 0 radical (unpaired) electrons. The van der Waals surface area contributed by atoms with E-state index in [4.69, 9.17) is 17.5 Å². The van der Waals surface area contributed by atoms with E-state index in [1.165, 1.54) is 192 Å². The van der Waals surface area contributed by atoms with Crippen molar-refractivity contribution < 1.29 is 22.1 Å². The molecule has 0 aliphatic carbocycles. The molecule has 2 N–H and O–H groups in total. The van der Waals surface area contributed by atoms with Gasteiger partial charge in [0, 0.05) is 18.6 Å². The standard InChI is InChI=1S/C21H38N.C12H25.ClH.Na.H2O4S/c1-2-3-4-5-6-7-8-9-10-11-12-13-14-16-19-22-20-17-15-18-21-22;1-3-5-7-9-11-12-10-8-6-4-2;;;1-5(2,3)4/h15,17-18,20-21H,2-14,16,19H2,1H3;1,3-12H2,2H3;1H;;(H2,1,2,3,4)/q+1;;;;. The largest absolute Gasteiger partial charge is 0.394 e. The molecule has 0 saturated heterocycles. The van der Waals surface area contributed by atoms with Gasteiger partial charge in [0.15, 0.2) is 12.4 Å². The number of nitrogens with zero attached hydrogens (tertiary/aromatic N) is 1. The zero-order chi connectivity index (χ0) is 30.0. The molecule has 0 aromatic carbocycles. The monoisotopic (exact) mass is 630 g/mol. The van der Waals surface area contributed by atoms with Gasteiger partial charge in [-0.2, -0.15) is 8.42 Å². The summed E-state index contributed by atoms with van der Waals surface area (Å²) in [6.45, 7) is 5.76. The first-order valence-electron chi connectivity index (χ1n) is 17.0. The van der Waals surface area contributed by atoms with Crippen molar-refractivity contribution in [3.05, 3.63) is 30.6 Å². The molecule has 1 rings (SSSR count). The quantitative estimate of drug-likeness (QED) is 0.0487. The third kappa shape index (κ3) is 50.3. The fourth-order valence-electron chi connectivity index (χ4n) is 4.81. The van der Waals surface area contributed by atoms with Crippen LogP contribution in [0.15, 0.2) is 30.6 Å². The number of aryl methyl sites for hydroxylation is 1. The molecule has 0 spiro atoms. The van der Waals surface area contributed by atoms with Crippen molar-refractivity contribution in [2.24, 2.45) is 0 Å². The maximum absolute atomic E-state index is 8.74. The van der Waals surface area contributed by atoms with Gasteiger partial charge in [0.05, 0.1) is 0 Å². The maximum atomic E-state index is 8.74. The minimum atomic E-state index is -4.67. The molecule has 41 heavy (non-hydrogen) atoms. The molecule has 0 saturated carbocycles. The van der Waals surface area contributed by atoms with Gasteiger partial charge in [-0.1, -0.05) is 90.0 Å². The molecule has 0 atom stereocenters. The number of aromatic nitrogens is 1. The van der Waals surface area contributed by atoms with E-state index in [9.17, 15) is 0 Å². The van der Waals surface area contributed by atoms with E-state index in [0.29, 0.717) is 0 Å². The summed E-state index contributed by atoms with van der Waals surface area (Å²) in [7, 11) is -4.67. The number of hydrogen-bond donors (Lipinski definition) is 2. The van der Waals surface area contributed by atoms with Gasteiger partial charge in [-0.25, -0.2) is 4.57 Å². The summed E-state index contributed by atoms with van der Waals surface area (Å²) in [6.07, 6.45) is 39.2. The summed E-state index contributed by atoms with van der Waals surface area (Å²) in [4.78, 5) is 0. The minimum Gasteiger partial charge on any atom is -0.264 e. The summed E-state index contributed by atoms with van der Waals surface area (Å²) in [6, 6.07) is 6.31. The van der Waals surface area contributed by atoms with Crippen LogP contribution in [-0.2, 0) is 16.9 Å². The number of pyridine rings is 1. The average molecular weight is 631 g/mol. The topological polar surface area (TPSA) is 78.5 Å². The second-order valence-corrected chi connectivity index (χ2v) is 13.2. The summed E-state index contributed by atoms with van der Waals surface area (Å²) in [5.74, 6) is 0. The van der Waals surface area contributed by atoms with Crippen molar-refractivity contribution in [3.63, 3.8) is 0 Å². The molecular formula is C33H66ClNNaO4S+. The van der Waals surface area contributed by atoms with Crippen LogP contribution in [0.25, 0.3) is 0 Å².